The van der Waals surface area contributed by atoms with Crippen molar-refractivity contribution in [3.63, 3.8) is 0 Å². The van der Waals surface area contributed by atoms with E-state index in [1.807, 2.05) is 19.1 Å². The quantitative estimate of drug-likeness (QED) is 0.785. The van der Waals surface area contributed by atoms with Crippen LogP contribution < -0.4 is 14.8 Å². The predicted molar refractivity (Wildman–Crippen MR) is 70.2 cm³/mol. The molecular formula is C14H21NO3. The molecule has 0 spiro atoms. The second-order valence-corrected chi connectivity index (χ2v) is 4.21. The lowest BCUT2D eigenvalue weighted by Gasteiger charge is -2.10. The van der Waals surface area contributed by atoms with E-state index in [0.717, 1.165) is 57.4 Å². The largest absolute Gasteiger partial charge is 0.490 e. The van der Waals surface area contributed by atoms with Crippen molar-refractivity contribution < 1.29 is 14.2 Å². The van der Waals surface area contributed by atoms with Gasteiger partial charge in [-0.1, -0.05) is 6.07 Å². The molecule has 0 saturated carbocycles. The highest BCUT2D eigenvalue weighted by atomic mass is 16.5. The Kier molecular flexibility index (Phi) is 5.30. The van der Waals surface area contributed by atoms with Crippen molar-refractivity contribution in [3.8, 4) is 11.5 Å². The summed E-state index contributed by atoms with van der Waals surface area (Å²) in [5.74, 6) is 1.71. The molecule has 18 heavy (non-hydrogen) atoms. The Labute approximate surface area is 108 Å². The van der Waals surface area contributed by atoms with Gasteiger partial charge in [-0.15, -0.1) is 0 Å². The molecule has 0 amide bonds. The summed E-state index contributed by atoms with van der Waals surface area (Å²) in [6.07, 6.45) is 0.941. The van der Waals surface area contributed by atoms with Gasteiger partial charge in [0.05, 0.1) is 19.8 Å². The molecule has 0 unspecified atom stereocenters. The van der Waals surface area contributed by atoms with Gasteiger partial charge in [0.1, 0.15) is 0 Å². The smallest absolute Gasteiger partial charge is 0.161 e. The van der Waals surface area contributed by atoms with Crippen LogP contribution in [0.4, 0.5) is 0 Å². The molecule has 2 rings (SSSR count). The van der Waals surface area contributed by atoms with Gasteiger partial charge in [-0.05, 0) is 24.6 Å². The fraction of sp³-hybridized carbons (Fsp3) is 0.571. The third-order valence-electron chi connectivity index (χ3n) is 2.77. The SMILES string of the molecule is CCOCCNCc1ccc2c(c1)OCCCO2. The number of benzene rings is 1. The molecule has 1 aliphatic rings. The fourth-order valence-electron chi connectivity index (χ4n) is 1.84. The van der Waals surface area contributed by atoms with Crippen LogP contribution in [-0.4, -0.2) is 33.0 Å². The van der Waals surface area contributed by atoms with Gasteiger partial charge in [0.25, 0.3) is 0 Å². The summed E-state index contributed by atoms with van der Waals surface area (Å²) in [4.78, 5) is 0. The van der Waals surface area contributed by atoms with Crippen LogP contribution in [0.1, 0.15) is 18.9 Å². The van der Waals surface area contributed by atoms with Crippen molar-refractivity contribution in [2.45, 2.75) is 19.9 Å². The van der Waals surface area contributed by atoms with Gasteiger partial charge in [-0.2, -0.15) is 0 Å². The lowest BCUT2D eigenvalue weighted by Crippen LogP contribution is -2.19. The summed E-state index contributed by atoms with van der Waals surface area (Å²) in [6, 6.07) is 6.11. The first-order valence-corrected chi connectivity index (χ1v) is 6.57. The number of nitrogens with one attached hydrogen (secondary N) is 1. The van der Waals surface area contributed by atoms with E-state index in [4.69, 9.17) is 14.2 Å². The first kappa shape index (κ1) is 13.2. The van der Waals surface area contributed by atoms with Crippen LogP contribution in [0.25, 0.3) is 0 Å². The average Bonchev–Trinajstić information content (AvgIpc) is 2.63. The van der Waals surface area contributed by atoms with Crippen molar-refractivity contribution in [1.29, 1.82) is 0 Å². The number of hydrogen-bond donors (Lipinski definition) is 1. The molecule has 0 fully saturated rings. The molecule has 0 bridgehead atoms. The molecule has 1 aromatic carbocycles. The number of rotatable bonds is 6. The van der Waals surface area contributed by atoms with Gasteiger partial charge < -0.3 is 19.5 Å². The van der Waals surface area contributed by atoms with Crippen molar-refractivity contribution in [2.75, 3.05) is 33.0 Å². The van der Waals surface area contributed by atoms with Crippen molar-refractivity contribution in [1.82, 2.24) is 5.32 Å². The molecule has 100 valence electrons. The molecule has 1 aliphatic heterocycles. The molecule has 1 heterocycles. The summed E-state index contributed by atoms with van der Waals surface area (Å²) in [7, 11) is 0. The monoisotopic (exact) mass is 251 g/mol. The van der Waals surface area contributed by atoms with E-state index in [1.165, 1.54) is 5.56 Å². The van der Waals surface area contributed by atoms with Crippen LogP contribution in [0, 0.1) is 0 Å². The minimum atomic E-state index is 0.730. The Bertz CT molecular complexity index is 368. The van der Waals surface area contributed by atoms with Crippen LogP contribution in [0.15, 0.2) is 18.2 Å². The zero-order valence-electron chi connectivity index (χ0n) is 10.9. The minimum Gasteiger partial charge on any atom is -0.490 e. The zero-order valence-corrected chi connectivity index (χ0v) is 10.9. The van der Waals surface area contributed by atoms with E-state index >= 15 is 0 Å². The maximum atomic E-state index is 5.66. The highest BCUT2D eigenvalue weighted by Crippen LogP contribution is 2.30. The molecular weight excluding hydrogens is 230 g/mol. The molecule has 4 nitrogen and oxygen atoms in total. The van der Waals surface area contributed by atoms with Gasteiger partial charge in [0.15, 0.2) is 11.5 Å². The first-order chi connectivity index (χ1) is 8.90. The number of fused-ring (bicyclic) bond motifs is 1. The van der Waals surface area contributed by atoms with E-state index in [0.29, 0.717) is 0 Å². The maximum Gasteiger partial charge on any atom is 0.161 e. The average molecular weight is 251 g/mol. The van der Waals surface area contributed by atoms with Gasteiger partial charge in [-0.25, -0.2) is 0 Å². The highest BCUT2D eigenvalue weighted by Gasteiger charge is 2.10. The predicted octanol–water partition coefficient (Wildman–Crippen LogP) is 1.97. The molecule has 0 atom stereocenters. The molecule has 0 radical (unpaired) electrons. The summed E-state index contributed by atoms with van der Waals surface area (Å²) in [5, 5.41) is 3.34. The van der Waals surface area contributed by atoms with Crippen LogP contribution in [0.3, 0.4) is 0 Å². The van der Waals surface area contributed by atoms with Crippen molar-refractivity contribution >= 4 is 0 Å². The molecule has 4 heteroatoms. The van der Waals surface area contributed by atoms with E-state index in [9.17, 15) is 0 Å². The van der Waals surface area contributed by atoms with Crippen LogP contribution in [-0.2, 0) is 11.3 Å². The summed E-state index contributed by atoms with van der Waals surface area (Å²) in [6.45, 7) is 6.68. The summed E-state index contributed by atoms with van der Waals surface area (Å²) >= 11 is 0. The van der Waals surface area contributed by atoms with Crippen LogP contribution >= 0.6 is 0 Å². The Balaban J connectivity index is 1.84. The minimum absolute atomic E-state index is 0.730. The number of hydrogen-bond acceptors (Lipinski definition) is 4. The van der Waals surface area contributed by atoms with Gasteiger partial charge in [0.2, 0.25) is 0 Å². The maximum absolute atomic E-state index is 5.66. The molecule has 1 N–H and O–H groups in total. The molecule has 0 aromatic heterocycles. The Morgan fingerprint density at radius 1 is 1.22 bits per heavy atom. The third-order valence-corrected chi connectivity index (χ3v) is 2.77. The lowest BCUT2D eigenvalue weighted by molar-refractivity contribution is 0.149. The molecule has 0 aliphatic carbocycles. The Morgan fingerprint density at radius 3 is 2.89 bits per heavy atom. The van der Waals surface area contributed by atoms with E-state index in [-0.39, 0.29) is 0 Å². The van der Waals surface area contributed by atoms with Gasteiger partial charge in [0, 0.05) is 26.1 Å². The Morgan fingerprint density at radius 2 is 2.06 bits per heavy atom. The van der Waals surface area contributed by atoms with E-state index in [1.54, 1.807) is 0 Å². The standard InChI is InChI=1S/C14H21NO3/c1-2-16-9-6-15-11-12-4-5-13-14(10-12)18-8-3-7-17-13/h4-5,10,15H,2-3,6-9,11H2,1H3. The third kappa shape index (κ3) is 3.89. The zero-order chi connectivity index (χ0) is 12.6. The van der Waals surface area contributed by atoms with Crippen LogP contribution in [0.2, 0.25) is 0 Å². The summed E-state index contributed by atoms with van der Waals surface area (Å²) in [5.41, 5.74) is 1.20. The van der Waals surface area contributed by atoms with E-state index in [2.05, 4.69) is 11.4 Å². The first-order valence-electron chi connectivity index (χ1n) is 6.57. The summed E-state index contributed by atoms with van der Waals surface area (Å²) < 4.78 is 16.5. The number of ether oxygens (including phenoxy) is 3. The Hall–Kier alpha value is -1.26. The van der Waals surface area contributed by atoms with Gasteiger partial charge >= 0.3 is 0 Å². The van der Waals surface area contributed by atoms with Gasteiger partial charge in [-0.3, -0.25) is 0 Å². The van der Waals surface area contributed by atoms with Crippen LogP contribution in [0.5, 0.6) is 11.5 Å². The molecule has 1 aromatic rings. The normalized spacial score (nSPS) is 14.3. The topological polar surface area (TPSA) is 39.7 Å². The van der Waals surface area contributed by atoms with E-state index < -0.39 is 0 Å². The second kappa shape index (κ2) is 7.24. The fourth-order valence-corrected chi connectivity index (χ4v) is 1.84. The second-order valence-electron chi connectivity index (χ2n) is 4.21. The van der Waals surface area contributed by atoms with Crippen molar-refractivity contribution in [3.05, 3.63) is 23.8 Å². The lowest BCUT2D eigenvalue weighted by atomic mass is 10.2. The highest BCUT2D eigenvalue weighted by molar-refractivity contribution is 5.43. The van der Waals surface area contributed by atoms with Crippen molar-refractivity contribution in [2.24, 2.45) is 0 Å². The molecule has 0 saturated heterocycles.